The van der Waals surface area contributed by atoms with Crippen LogP contribution in [0, 0.1) is 0 Å². The molecule has 0 unspecified atom stereocenters. The molecule has 0 bridgehead atoms. The lowest BCUT2D eigenvalue weighted by Crippen LogP contribution is -2.48. The third-order valence-electron chi connectivity index (χ3n) is 4.23. The number of benzene rings is 2. The van der Waals surface area contributed by atoms with Crippen molar-refractivity contribution in [2.24, 2.45) is 0 Å². The number of fused-ring (bicyclic) bond motifs is 1. The fourth-order valence-corrected chi connectivity index (χ4v) is 5.13. The van der Waals surface area contributed by atoms with Gasteiger partial charge in [0.05, 0.1) is 11.7 Å². The summed E-state index contributed by atoms with van der Waals surface area (Å²) in [5.74, 6) is 0. The Bertz CT molecular complexity index is 948. The highest BCUT2D eigenvalue weighted by atomic mass is 32.2. The molecular formula is C16H16N4O2S2. The minimum absolute atomic E-state index is 0.252. The van der Waals surface area contributed by atoms with E-state index in [0.717, 1.165) is 17.4 Å². The molecule has 0 spiro atoms. The first-order chi connectivity index (χ1) is 11.7. The molecule has 24 heavy (non-hydrogen) atoms. The van der Waals surface area contributed by atoms with Crippen molar-refractivity contribution in [3.8, 4) is 0 Å². The van der Waals surface area contributed by atoms with Gasteiger partial charge in [-0.2, -0.15) is 13.1 Å². The molecule has 0 atom stereocenters. The molecule has 1 aliphatic heterocycles. The zero-order chi connectivity index (χ0) is 16.6. The number of sulfonamides is 1. The van der Waals surface area contributed by atoms with Crippen LogP contribution in [0.4, 0.5) is 5.69 Å². The molecule has 1 saturated heterocycles. The Morgan fingerprint density at radius 3 is 2.38 bits per heavy atom. The Kier molecular flexibility index (Phi) is 3.95. The minimum Gasteiger partial charge on any atom is -0.369 e. The fraction of sp³-hybridized carbons (Fsp3) is 0.250. The highest BCUT2D eigenvalue weighted by Crippen LogP contribution is 2.26. The van der Waals surface area contributed by atoms with Gasteiger partial charge in [0, 0.05) is 31.9 Å². The Morgan fingerprint density at radius 2 is 1.62 bits per heavy atom. The molecular weight excluding hydrogens is 344 g/mol. The van der Waals surface area contributed by atoms with Gasteiger partial charge in [-0.15, -0.1) is 0 Å². The molecule has 0 aliphatic carbocycles. The summed E-state index contributed by atoms with van der Waals surface area (Å²) in [5, 5.41) is 0. The molecule has 0 amide bonds. The van der Waals surface area contributed by atoms with E-state index in [2.05, 4.69) is 13.6 Å². The van der Waals surface area contributed by atoms with Gasteiger partial charge in [0.2, 0.25) is 10.0 Å². The van der Waals surface area contributed by atoms with Gasteiger partial charge < -0.3 is 4.90 Å². The zero-order valence-corrected chi connectivity index (χ0v) is 14.5. The Labute approximate surface area is 144 Å². The maximum Gasteiger partial charge on any atom is 0.245 e. The van der Waals surface area contributed by atoms with Crippen LogP contribution < -0.4 is 4.90 Å². The van der Waals surface area contributed by atoms with Gasteiger partial charge >= 0.3 is 0 Å². The summed E-state index contributed by atoms with van der Waals surface area (Å²) in [7, 11) is -3.55. The van der Waals surface area contributed by atoms with Crippen LogP contribution in [-0.4, -0.2) is 47.6 Å². The molecule has 0 N–H and O–H groups in total. The summed E-state index contributed by atoms with van der Waals surface area (Å²) in [5.41, 5.74) is 2.22. The fourth-order valence-electron chi connectivity index (χ4n) is 2.95. The second-order valence-corrected chi connectivity index (χ2v) is 8.05. The molecule has 1 aromatic heterocycles. The highest BCUT2D eigenvalue weighted by molar-refractivity contribution is 7.89. The van der Waals surface area contributed by atoms with Crippen molar-refractivity contribution in [3.05, 3.63) is 48.5 Å². The lowest BCUT2D eigenvalue weighted by Gasteiger charge is -2.35. The van der Waals surface area contributed by atoms with Crippen LogP contribution in [0.5, 0.6) is 0 Å². The number of rotatable bonds is 3. The van der Waals surface area contributed by atoms with E-state index in [1.807, 2.05) is 30.3 Å². The van der Waals surface area contributed by atoms with E-state index in [1.165, 1.54) is 0 Å². The van der Waals surface area contributed by atoms with Crippen molar-refractivity contribution >= 4 is 38.5 Å². The Hall–Kier alpha value is -2.03. The van der Waals surface area contributed by atoms with Crippen LogP contribution in [0.25, 0.3) is 11.0 Å². The van der Waals surface area contributed by atoms with Crippen molar-refractivity contribution < 1.29 is 8.42 Å². The first kappa shape index (κ1) is 15.5. The quantitative estimate of drug-likeness (QED) is 0.716. The van der Waals surface area contributed by atoms with Gasteiger partial charge in [-0.25, -0.2) is 8.42 Å². The maximum absolute atomic E-state index is 13.0. The molecule has 0 saturated carbocycles. The minimum atomic E-state index is -3.55. The summed E-state index contributed by atoms with van der Waals surface area (Å²) in [6.07, 6.45) is 0. The molecule has 6 nitrogen and oxygen atoms in total. The SMILES string of the molecule is O=S(=O)(c1cccc2nsnc12)N1CCN(c2ccccc2)CC1. The summed E-state index contributed by atoms with van der Waals surface area (Å²) in [6, 6.07) is 15.2. The molecule has 1 fully saturated rings. The average Bonchev–Trinajstić information content (AvgIpc) is 3.11. The van der Waals surface area contributed by atoms with Gasteiger partial charge in [0.1, 0.15) is 15.9 Å². The van der Waals surface area contributed by atoms with Gasteiger partial charge in [-0.3, -0.25) is 0 Å². The Morgan fingerprint density at radius 1 is 0.875 bits per heavy atom. The van der Waals surface area contributed by atoms with Gasteiger partial charge in [0.25, 0.3) is 0 Å². The zero-order valence-electron chi connectivity index (χ0n) is 12.9. The largest absolute Gasteiger partial charge is 0.369 e. The molecule has 4 rings (SSSR count). The summed E-state index contributed by atoms with van der Waals surface area (Å²) in [4.78, 5) is 2.46. The van der Waals surface area contributed by atoms with Crippen LogP contribution in [-0.2, 0) is 10.0 Å². The van der Waals surface area contributed by atoms with Crippen molar-refractivity contribution in [2.75, 3.05) is 31.1 Å². The predicted octanol–water partition coefficient (Wildman–Crippen LogP) is 2.20. The van der Waals surface area contributed by atoms with E-state index >= 15 is 0 Å². The number of nitrogens with zero attached hydrogens (tertiary/aromatic N) is 4. The highest BCUT2D eigenvalue weighted by Gasteiger charge is 2.30. The molecule has 2 heterocycles. The summed E-state index contributed by atoms with van der Waals surface area (Å²) in [6.45, 7) is 2.28. The summed E-state index contributed by atoms with van der Waals surface area (Å²) >= 11 is 1.04. The van der Waals surface area contributed by atoms with E-state index in [0.29, 0.717) is 37.2 Å². The number of piperazine rings is 1. The van der Waals surface area contributed by atoms with Crippen molar-refractivity contribution in [3.63, 3.8) is 0 Å². The lowest BCUT2D eigenvalue weighted by atomic mass is 10.2. The normalized spacial score (nSPS) is 16.6. The van der Waals surface area contributed by atoms with Crippen LogP contribution in [0.1, 0.15) is 0 Å². The van der Waals surface area contributed by atoms with E-state index in [9.17, 15) is 8.42 Å². The lowest BCUT2D eigenvalue weighted by molar-refractivity contribution is 0.385. The van der Waals surface area contributed by atoms with E-state index in [-0.39, 0.29) is 4.90 Å². The third-order valence-corrected chi connectivity index (χ3v) is 6.70. The number of para-hydroxylation sites is 1. The first-order valence-corrected chi connectivity index (χ1v) is 9.85. The van der Waals surface area contributed by atoms with Crippen LogP contribution in [0.15, 0.2) is 53.4 Å². The number of anilines is 1. The summed E-state index contributed by atoms with van der Waals surface area (Å²) < 4.78 is 35.8. The third kappa shape index (κ3) is 2.66. The monoisotopic (exact) mass is 360 g/mol. The molecule has 8 heteroatoms. The van der Waals surface area contributed by atoms with E-state index < -0.39 is 10.0 Å². The van der Waals surface area contributed by atoms with Gasteiger partial charge in [-0.1, -0.05) is 24.3 Å². The first-order valence-electron chi connectivity index (χ1n) is 7.68. The number of aromatic nitrogens is 2. The van der Waals surface area contributed by atoms with Gasteiger partial charge in [0.15, 0.2) is 0 Å². The standard InChI is InChI=1S/C16H16N4O2S2/c21-24(22,15-8-4-7-14-16(15)18-23-17-14)20-11-9-19(10-12-20)13-5-2-1-3-6-13/h1-8H,9-12H2. The molecule has 0 radical (unpaired) electrons. The maximum atomic E-state index is 13.0. The van der Waals surface area contributed by atoms with E-state index in [4.69, 9.17) is 0 Å². The number of hydrogen-bond donors (Lipinski definition) is 0. The van der Waals surface area contributed by atoms with Crippen molar-refractivity contribution in [1.82, 2.24) is 13.1 Å². The van der Waals surface area contributed by atoms with Gasteiger partial charge in [-0.05, 0) is 24.3 Å². The van der Waals surface area contributed by atoms with Crippen LogP contribution in [0.2, 0.25) is 0 Å². The Balaban J connectivity index is 1.58. The van der Waals surface area contributed by atoms with Crippen molar-refractivity contribution in [2.45, 2.75) is 4.90 Å². The predicted molar refractivity (Wildman–Crippen MR) is 94.8 cm³/mol. The smallest absolute Gasteiger partial charge is 0.245 e. The van der Waals surface area contributed by atoms with E-state index in [1.54, 1.807) is 22.5 Å². The molecule has 3 aromatic rings. The topological polar surface area (TPSA) is 66.4 Å². The number of hydrogen-bond acceptors (Lipinski definition) is 6. The second-order valence-electron chi connectivity index (χ2n) is 5.61. The molecule has 124 valence electrons. The van der Waals surface area contributed by atoms with Crippen LogP contribution >= 0.6 is 11.7 Å². The van der Waals surface area contributed by atoms with Crippen molar-refractivity contribution in [1.29, 1.82) is 0 Å². The second kappa shape index (κ2) is 6.12. The van der Waals surface area contributed by atoms with Crippen LogP contribution in [0.3, 0.4) is 0 Å². The molecule has 2 aromatic carbocycles. The molecule has 1 aliphatic rings. The average molecular weight is 360 g/mol.